The Morgan fingerprint density at radius 3 is 1.87 bits per heavy atom. The second-order valence-corrected chi connectivity index (χ2v) is 11.1. The molecule has 23 heavy (non-hydrogen) atoms. The Kier molecular flexibility index (Phi) is 5.67. The summed E-state index contributed by atoms with van der Waals surface area (Å²) >= 11 is 0. The van der Waals surface area contributed by atoms with Crippen molar-refractivity contribution in [3.05, 3.63) is 60.7 Å². The van der Waals surface area contributed by atoms with E-state index >= 15 is 0 Å². The van der Waals surface area contributed by atoms with Gasteiger partial charge in [0.15, 0.2) is 0 Å². The minimum atomic E-state index is -1.77. The van der Waals surface area contributed by atoms with Gasteiger partial charge in [0.1, 0.15) is 0 Å². The van der Waals surface area contributed by atoms with Crippen LogP contribution >= 0.6 is 0 Å². The molecule has 120 valence electrons. The molecule has 0 radical (unpaired) electrons. The van der Waals surface area contributed by atoms with Gasteiger partial charge in [-0.2, -0.15) is 0 Å². The smallest absolute Gasteiger partial charge is 0.0958 e. The fourth-order valence-corrected chi connectivity index (χ4v) is 6.95. The predicted octanol–water partition coefficient (Wildman–Crippen LogP) is 4.86. The van der Waals surface area contributed by atoms with E-state index in [1.165, 1.54) is 10.9 Å². The first-order valence-corrected chi connectivity index (χ1v) is 11.1. The zero-order chi connectivity index (χ0) is 16.9. The monoisotopic (exact) mass is 322 g/mol. The molecule has 2 aromatic rings. The van der Waals surface area contributed by atoms with Crippen molar-refractivity contribution in [1.29, 1.82) is 0 Å². The Balaban J connectivity index is 2.48. The topological polar surface area (TPSA) is 24.7 Å². The second-order valence-electron chi connectivity index (χ2n) is 6.47. The van der Waals surface area contributed by atoms with Crippen LogP contribution in [0.1, 0.15) is 13.8 Å². The molecule has 0 fully saturated rings. The molecule has 0 amide bonds. The highest BCUT2D eigenvalue weighted by Crippen LogP contribution is 2.27. The van der Waals surface area contributed by atoms with Crippen LogP contribution in [0.5, 0.6) is 0 Å². The average molecular weight is 323 g/mol. The van der Waals surface area contributed by atoms with Crippen molar-refractivity contribution in [3.63, 3.8) is 0 Å². The summed E-state index contributed by atoms with van der Waals surface area (Å²) in [6.45, 7) is 9.09. The number of rotatable bonds is 5. The minimum Gasteiger partial charge on any atom is -0.297 e. The largest absolute Gasteiger partial charge is 0.297 e. The van der Waals surface area contributed by atoms with Gasteiger partial charge >= 0.3 is 0 Å². The van der Waals surface area contributed by atoms with Crippen LogP contribution in [0.2, 0.25) is 18.6 Å². The quantitative estimate of drug-likeness (QED) is 0.555. The van der Waals surface area contributed by atoms with Crippen molar-refractivity contribution in [1.82, 2.24) is 0 Å². The lowest BCUT2D eigenvalue weighted by Crippen LogP contribution is -2.50. The Bertz CT molecular complexity index is 688. The van der Waals surface area contributed by atoms with Crippen molar-refractivity contribution >= 4 is 30.4 Å². The van der Waals surface area contributed by atoms with E-state index in [1.807, 2.05) is 25.2 Å². The summed E-state index contributed by atoms with van der Waals surface area (Å²) in [6, 6.07) is 21.0. The third-order valence-corrected chi connectivity index (χ3v) is 8.59. The van der Waals surface area contributed by atoms with Crippen LogP contribution in [0.3, 0.4) is 0 Å². The van der Waals surface area contributed by atoms with Gasteiger partial charge in [0.05, 0.1) is 13.8 Å². The summed E-state index contributed by atoms with van der Waals surface area (Å²) in [6.07, 6.45) is 0. The van der Waals surface area contributed by atoms with Crippen LogP contribution < -0.4 is 5.19 Å². The molecule has 0 spiro atoms. The van der Waals surface area contributed by atoms with Crippen molar-refractivity contribution in [3.8, 4) is 0 Å². The van der Waals surface area contributed by atoms with Crippen LogP contribution in [0.15, 0.2) is 70.6 Å². The first-order valence-electron chi connectivity index (χ1n) is 8.06. The summed E-state index contributed by atoms with van der Waals surface area (Å²) < 4.78 is 0. The molecule has 3 heteroatoms. The van der Waals surface area contributed by atoms with Crippen LogP contribution in [-0.4, -0.2) is 26.5 Å². The maximum Gasteiger partial charge on any atom is 0.0958 e. The molecule has 2 rings (SSSR count). The fraction of sp³-hybridized carbons (Fsp3) is 0.300. The standard InChI is InChI=1S/C20H26N2Si/c1-16(21-3)20(17(2)22-18-12-8-6-9-13-18)23(4,5)19-14-10-7-11-15-19/h6-15,20H,1-5H3. The van der Waals surface area contributed by atoms with Crippen molar-refractivity contribution < 1.29 is 0 Å². The molecule has 0 aromatic heterocycles. The molecule has 0 N–H and O–H groups in total. The highest BCUT2D eigenvalue weighted by molar-refractivity contribution is 6.96. The van der Waals surface area contributed by atoms with Gasteiger partial charge in [-0.1, -0.05) is 66.8 Å². The third kappa shape index (κ3) is 4.05. The van der Waals surface area contributed by atoms with Gasteiger partial charge in [0.25, 0.3) is 0 Å². The van der Waals surface area contributed by atoms with E-state index < -0.39 is 8.07 Å². The molecule has 0 aliphatic rings. The van der Waals surface area contributed by atoms with Gasteiger partial charge in [-0.05, 0) is 26.0 Å². The van der Waals surface area contributed by atoms with E-state index in [0.717, 1.165) is 11.4 Å². The maximum absolute atomic E-state index is 4.89. The molecule has 2 nitrogen and oxygen atoms in total. The first-order chi connectivity index (χ1) is 11.0. The molecule has 0 aliphatic heterocycles. The van der Waals surface area contributed by atoms with Crippen LogP contribution in [0.25, 0.3) is 0 Å². The van der Waals surface area contributed by atoms with E-state index in [4.69, 9.17) is 4.99 Å². The first kappa shape index (κ1) is 17.4. The Morgan fingerprint density at radius 1 is 0.826 bits per heavy atom. The molecule has 0 heterocycles. The Morgan fingerprint density at radius 2 is 1.35 bits per heavy atom. The lowest BCUT2D eigenvalue weighted by Gasteiger charge is -2.33. The van der Waals surface area contributed by atoms with Gasteiger partial charge in [-0.25, -0.2) is 0 Å². The third-order valence-electron chi connectivity index (χ3n) is 4.49. The maximum atomic E-state index is 4.89. The molecule has 0 aliphatic carbocycles. The second kappa shape index (κ2) is 7.51. The molecule has 0 bridgehead atoms. The van der Waals surface area contributed by atoms with Gasteiger partial charge in [-0.15, -0.1) is 0 Å². The summed E-state index contributed by atoms with van der Waals surface area (Å²) in [5, 5.41) is 1.44. The van der Waals surface area contributed by atoms with Crippen LogP contribution in [0, 0.1) is 0 Å². The normalized spacial score (nSPS) is 14.7. The number of nitrogens with zero attached hydrogens (tertiary/aromatic N) is 2. The highest BCUT2D eigenvalue weighted by Gasteiger charge is 2.37. The lowest BCUT2D eigenvalue weighted by atomic mass is 10.2. The van der Waals surface area contributed by atoms with Gasteiger partial charge in [0.2, 0.25) is 0 Å². The van der Waals surface area contributed by atoms with Crippen molar-refractivity contribution in [2.45, 2.75) is 32.5 Å². The Labute approximate surface area is 141 Å². The highest BCUT2D eigenvalue weighted by atomic mass is 28.3. The number of hydrogen-bond acceptors (Lipinski definition) is 2. The number of benzene rings is 2. The molecule has 2 aromatic carbocycles. The van der Waals surface area contributed by atoms with Crippen LogP contribution in [0.4, 0.5) is 5.69 Å². The van der Waals surface area contributed by atoms with Crippen molar-refractivity contribution in [2.24, 2.45) is 9.98 Å². The van der Waals surface area contributed by atoms with E-state index in [0.29, 0.717) is 5.54 Å². The summed E-state index contributed by atoms with van der Waals surface area (Å²) in [4.78, 5) is 9.40. The summed E-state index contributed by atoms with van der Waals surface area (Å²) in [7, 11) is 0.111. The van der Waals surface area contributed by atoms with E-state index in [-0.39, 0.29) is 0 Å². The number of hydrogen-bond donors (Lipinski definition) is 0. The predicted molar refractivity (Wildman–Crippen MR) is 106 cm³/mol. The molecule has 0 saturated heterocycles. The fourth-order valence-electron chi connectivity index (χ4n) is 3.28. The average Bonchev–Trinajstić information content (AvgIpc) is 2.56. The van der Waals surface area contributed by atoms with Crippen molar-refractivity contribution in [2.75, 3.05) is 7.05 Å². The van der Waals surface area contributed by atoms with E-state index in [1.54, 1.807) is 0 Å². The minimum absolute atomic E-state index is 0.301. The molecular formula is C20H26N2Si. The molecule has 0 saturated carbocycles. The SMILES string of the molecule is CN=C(C)C(C(C)=Nc1ccccc1)[Si](C)(C)c1ccccc1. The number of para-hydroxylation sites is 1. The molecule has 1 atom stereocenters. The summed E-state index contributed by atoms with van der Waals surface area (Å²) in [5.74, 6) is 0. The zero-order valence-electron chi connectivity index (χ0n) is 14.7. The number of aliphatic imine (C=N–C) groups is 2. The van der Waals surface area contributed by atoms with E-state index in [2.05, 4.69) is 74.4 Å². The molecule has 1 unspecified atom stereocenters. The van der Waals surface area contributed by atoms with Gasteiger partial charge in [-0.3, -0.25) is 9.98 Å². The van der Waals surface area contributed by atoms with E-state index in [9.17, 15) is 0 Å². The zero-order valence-corrected chi connectivity index (χ0v) is 15.7. The molecular weight excluding hydrogens is 296 g/mol. The van der Waals surface area contributed by atoms with Gasteiger partial charge < -0.3 is 0 Å². The summed E-state index contributed by atoms with van der Waals surface area (Å²) in [5.41, 5.74) is 3.63. The van der Waals surface area contributed by atoms with Gasteiger partial charge in [0, 0.05) is 24.0 Å². The van der Waals surface area contributed by atoms with Crippen LogP contribution in [-0.2, 0) is 0 Å². The lowest BCUT2D eigenvalue weighted by molar-refractivity contribution is 1.28. The Hall–Kier alpha value is -2.00.